The first-order chi connectivity index (χ1) is 8.93. The molecule has 1 aliphatic carbocycles. The zero-order valence-electron chi connectivity index (χ0n) is 10.6. The standard InChI is InChI=1S/C13H16N2O4/c1-3-13(7-16)5-9(4-10(13)17)15-6-8(2)11(18)14-12(15)19/h1,6,9-10,16-17H,4-5,7H2,2H3,(H,14,18,19)/t9-,10-,13+/m1/s1. The number of aromatic amines is 1. The summed E-state index contributed by atoms with van der Waals surface area (Å²) in [6.45, 7) is 1.26. The molecule has 6 heteroatoms. The Balaban J connectivity index is 2.42. The van der Waals surface area contributed by atoms with Crippen LogP contribution >= 0.6 is 0 Å². The maximum absolute atomic E-state index is 11.8. The fourth-order valence-corrected chi connectivity index (χ4v) is 2.56. The predicted molar refractivity (Wildman–Crippen MR) is 68.7 cm³/mol. The Morgan fingerprint density at radius 1 is 1.63 bits per heavy atom. The summed E-state index contributed by atoms with van der Waals surface area (Å²) < 4.78 is 1.37. The van der Waals surface area contributed by atoms with Crippen molar-refractivity contribution in [2.45, 2.75) is 31.9 Å². The summed E-state index contributed by atoms with van der Waals surface area (Å²) in [6.07, 6.45) is 6.55. The van der Waals surface area contributed by atoms with Crippen molar-refractivity contribution in [2.75, 3.05) is 6.61 Å². The van der Waals surface area contributed by atoms with E-state index < -0.39 is 22.8 Å². The lowest BCUT2D eigenvalue weighted by Gasteiger charge is -2.23. The minimum absolute atomic E-state index is 0.274. The molecule has 3 N–H and O–H groups in total. The number of aryl methyl sites for hydroxylation is 1. The second-order valence-electron chi connectivity index (χ2n) is 5.05. The van der Waals surface area contributed by atoms with Crippen LogP contribution in [-0.2, 0) is 0 Å². The second kappa shape index (κ2) is 4.68. The molecule has 1 heterocycles. The largest absolute Gasteiger partial charge is 0.395 e. The number of hydrogen-bond acceptors (Lipinski definition) is 4. The van der Waals surface area contributed by atoms with Gasteiger partial charge in [0.2, 0.25) is 0 Å². The molecule has 0 saturated heterocycles. The van der Waals surface area contributed by atoms with E-state index in [9.17, 15) is 19.8 Å². The van der Waals surface area contributed by atoms with Gasteiger partial charge in [0.15, 0.2) is 0 Å². The van der Waals surface area contributed by atoms with Gasteiger partial charge >= 0.3 is 5.69 Å². The van der Waals surface area contributed by atoms with Gasteiger partial charge in [0, 0.05) is 17.8 Å². The van der Waals surface area contributed by atoms with Crippen LogP contribution in [0, 0.1) is 24.7 Å². The summed E-state index contributed by atoms with van der Waals surface area (Å²) in [5.74, 6) is 2.43. The predicted octanol–water partition coefficient (Wildman–Crippen LogP) is -0.847. The topological polar surface area (TPSA) is 95.3 Å². The maximum atomic E-state index is 11.8. The maximum Gasteiger partial charge on any atom is 0.328 e. The van der Waals surface area contributed by atoms with Gasteiger partial charge in [0.05, 0.1) is 18.1 Å². The molecule has 2 rings (SSSR count). The van der Waals surface area contributed by atoms with Crippen molar-refractivity contribution in [2.24, 2.45) is 5.41 Å². The number of aliphatic hydroxyl groups excluding tert-OH is 2. The van der Waals surface area contributed by atoms with Crippen molar-refractivity contribution in [3.05, 3.63) is 32.6 Å². The highest BCUT2D eigenvalue weighted by Crippen LogP contribution is 2.43. The first kappa shape index (κ1) is 13.6. The van der Waals surface area contributed by atoms with Crippen molar-refractivity contribution in [3.8, 4) is 12.3 Å². The Morgan fingerprint density at radius 3 is 2.84 bits per heavy atom. The van der Waals surface area contributed by atoms with Gasteiger partial charge in [-0.1, -0.05) is 5.92 Å². The molecule has 19 heavy (non-hydrogen) atoms. The van der Waals surface area contributed by atoms with Gasteiger partial charge in [0.1, 0.15) is 0 Å². The molecule has 3 atom stereocenters. The first-order valence-corrected chi connectivity index (χ1v) is 6.02. The SMILES string of the molecule is C#C[C@@]1(CO)C[C@H](n2cc(C)c(=O)[nH]c2=O)C[C@H]1O. The van der Waals surface area contributed by atoms with Crippen molar-refractivity contribution >= 4 is 0 Å². The third-order valence-corrected chi connectivity index (χ3v) is 3.84. The summed E-state index contributed by atoms with van der Waals surface area (Å²) in [6, 6.07) is -0.332. The van der Waals surface area contributed by atoms with E-state index in [1.54, 1.807) is 6.92 Å². The zero-order chi connectivity index (χ0) is 14.2. The molecule has 1 aliphatic rings. The van der Waals surface area contributed by atoms with Gasteiger partial charge in [-0.2, -0.15) is 0 Å². The summed E-state index contributed by atoms with van der Waals surface area (Å²) in [4.78, 5) is 25.3. The van der Waals surface area contributed by atoms with Crippen LogP contribution in [0.4, 0.5) is 0 Å². The minimum Gasteiger partial charge on any atom is -0.395 e. The van der Waals surface area contributed by atoms with Crippen LogP contribution in [0.2, 0.25) is 0 Å². The van der Waals surface area contributed by atoms with Gasteiger partial charge in [0.25, 0.3) is 5.56 Å². The van der Waals surface area contributed by atoms with Gasteiger partial charge in [-0.15, -0.1) is 6.42 Å². The molecule has 1 saturated carbocycles. The van der Waals surface area contributed by atoms with E-state index in [0.717, 1.165) is 0 Å². The van der Waals surface area contributed by atoms with E-state index >= 15 is 0 Å². The summed E-state index contributed by atoms with van der Waals surface area (Å²) in [7, 11) is 0. The second-order valence-corrected chi connectivity index (χ2v) is 5.05. The number of aliphatic hydroxyl groups is 2. The van der Waals surface area contributed by atoms with Crippen molar-refractivity contribution in [1.82, 2.24) is 9.55 Å². The molecule has 102 valence electrons. The highest BCUT2D eigenvalue weighted by molar-refractivity contribution is 5.15. The van der Waals surface area contributed by atoms with Crippen LogP contribution in [0.15, 0.2) is 15.8 Å². The molecule has 1 aromatic heterocycles. The van der Waals surface area contributed by atoms with E-state index in [4.69, 9.17) is 6.42 Å². The minimum atomic E-state index is -1.02. The van der Waals surface area contributed by atoms with E-state index in [1.807, 2.05) is 0 Å². The number of hydrogen-bond donors (Lipinski definition) is 3. The van der Waals surface area contributed by atoms with Crippen molar-refractivity contribution in [3.63, 3.8) is 0 Å². The molecular weight excluding hydrogens is 248 g/mol. The fourth-order valence-electron chi connectivity index (χ4n) is 2.56. The van der Waals surface area contributed by atoms with Crippen LogP contribution in [0.5, 0.6) is 0 Å². The molecule has 0 radical (unpaired) electrons. The Hall–Kier alpha value is -1.84. The number of rotatable bonds is 2. The van der Waals surface area contributed by atoms with Crippen LogP contribution in [0.25, 0.3) is 0 Å². The molecule has 6 nitrogen and oxygen atoms in total. The molecule has 1 fully saturated rings. The Bertz CT molecular complexity index is 639. The lowest BCUT2D eigenvalue weighted by atomic mass is 9.86. The van der Waals surface area contributed by atoms with E-state index in [2.05, 4.69) is 10.9 Å². The Kier molecular flexibility index (Phi) is 3.35. The number of terminal acetylenes is 1. The molecule has 0 amide bonds. The quantitative estimate of drug-likeness (QED) is 0.606. The lowest BCUT2D eigenvalue weighted by Crippen LogP contribution is -2.33. The summed E-state index contributed by atoms with van der Waals surface area (Å²) in [5.41, 5.74) is -1.56. The van der Waals surface area contributed by atoms with Crippen LogP contribution in [-0.4, -0.2) is 32.5 Å². The van der Waals surface area contributed by atoms with Crippen LogP contribution in [0.1, 0.15) is 24.4 Å². The number of nitrogens with zero attached hydrogens (tertiary/aromatic N) is 1. The normalized spacial score (nSPS) is 30.2. The number of aromatic nitrogens is 2. The molecule has 1 aromatic rings. The molecule has 0 aromatic carbocycles. The summed E-state index contributed by atoms with van der Waals surface area (Å²) >= 11 is 0. The third kappa shape index (κ3) is 2.11. The smallest absolute Gasteiger partial charge is 0.328 e. The number of H-pyrrole nitrogens is 1. The molecule has 0 unspecified atom stereocenters. The fraction of sp³-hybridized carbons (Fsp3) is 0.538. The Labute approximate surface area is 109 Å². The highest BCUT2D eigenvalue weighted by Gasteiger charge is 2.46. The van der Waals surface area contributed by atoms with Gasteiger partial charge in [-0.3, -0.25) is 14.3 Å². The van der Waals surface area contributed by atoms with E-state index in [-0.39, 0.29) is 19.1 Å². The van der Waals surface area contributed by atoms with E-state index in [1.165, 1.54) is 10.8 Å². The molecule has 0 aliphatic heterocycles. The van der Waals surface area contributed by atoms with Crippen LogP contribution < -0.4 is 11.2 Å². The molecule has 0 bridgehead atoms. The molecular formula is C13H16N2O4. The third-order valence-electron chi connectivity index (χ3n) is 3.84. The summed E-state index contributed by atoms with van der Waals surface area (Å²) in [5, 5.41) is 19.4. The van der Waals surface area contributed by atoms with Gasteiger partial charge in [-0.05, 0) is 19.8 Å². The monoisotopic (exact) mass is 264 g/mol. The average molecular weight is 264 g/mol. The lowest BCUT2D eigenvalue weighted by molar-refractivity contribution is 0.0475. The average Bonchev–Trinajstić information content (AvgIpc) is 2.71. The highest BCUT2D eigenvalue weighted by atomic mass is 16.3. The van der Waals surface area contributed by atoms with Crippen LogP contribution in [0.3, 0.4) is 0 Å². The van der Waals surface area contributed by atoms with Crippen molar-refractivity contribution < 1.29 is 10.2 Å². The Morgan fingerprint density at radius 2 is 2.32 bits per heavy atom. The molecule has 0 spiro atoms. The van der Waals surface area contributed by atoms with E-state index in [0.29, 0.717) is 12.0 Å². The van der Waals surface area contributed by atoms with Gasteiger partial charge in [-0.25, -0.2) is 4.79 Å². The van der Waals surface area contributed by atoms with Gasteiger partial charge < -0.3 is 10.2 Å². The number of nitrogens with one attached hydrogen (secondary N) is 1. The zero-order valence-corrected chi connectivity index (χ0v) is 10.6. The first-order valence-electron chi connectivity index (χ1n) is 6.02. The van der Waals surface area contributed by atoms with Crippen molar-refractivity contribution in [1.29, 1.82) is 0 Å².